The number of nitrogens with zero attached hydrogens (tertiary/aromatic N) is 2. The number of aryl methyl sites for hydroxylation is 1. The van der Waals surface area contributed by atoms with Gasteiger partial charge in [0.25, 0.3) is 10.0 Å². The molecule has 0 saturated carbocycles. The summed E-state index contributed by atoms with van der Waals surface area (Å²) in [7, 11) is -1.86. The van der Waals surface area contributed by atoms with Gasteiger partial charge in [0, 0.05) is 18.6 Å². The Labute approximate surface area is 126 Å². The fourth-order valence-corrected chi connectivity index (χ4v) is 4.50. The van der Waals surface area contributed by atoms with Gasteiger partial charge in [-0.25, -0.2) is 13.4 Å². The van der Waals surface area contributed by atoms with Gasteiger partial charge in [-0.1, -0.05) is 6.42 Å². The van der Waals surface area contributed by atoms with E-state index in [9.17, 15) is 8.42 Å². The molecule has 0 aliphatic carbocycles. The molecule has 1 aliphatic rings. The van der Waals surface area contributed by atoms with Crippen molar-refractivity contribution in [2.45, 2.75) is 63.6 Å². The van der Waals surface area contributed by atoms with Gasteiger partial charge in [-0.05, 0) is 40.7 Å². The van der Waals surface area contributed by atoms with Crippen LogP contribution in [0.3, 0.4) is 0 Å². The molecule has 21 heavy (non-hydrogen) atoms. The van der Waals surface area contributed by atoms with E-state index in [1.807, 2.05) is 5.01 Å². The second-order valence-electron chi connectivity index (χ2n) is 5.79. The van der Waals surface area contributed by atoms with Crippen LogP contribution >= 0.6 is 0 Å². The lowest BCUT2D eigenvalue weighted by molar-refractivity contribution is 0.0790. The van der Waals surface area contributed by atoms with Crippen LogP contribution in [0.2, 0.25) is 0 Å². The topological polar surface area (TPSA) is 90.1 Å². The van der Waals surface area contributed by atoms with Crippen LogP contribution < -0.4 is 10.1 Å². The van der Waals surface area contributed by atoms with Crippen LogP contribution in [0, 0.1) is 6.92 Å². The Balaban J connectivity index is 2.28. The predicted molar refractivity (Wildman–Crippen MR) is 81.0 cm³/mol. The van der Waals surface area contributed by atoms with Gasteiger partial charge in [0.05, 0.1) is 11.4 Å². The van der Waals surface area contributed by atoms with E-state index in [2.05, 4.69) is 34.2 Å². The Kier molecular flexibility index (Phi) is 5.03. The Hall–Kier alpha value is -0.960. The maximum atomic E-state index is 12.7. The van der Waals surface area contributed by atoms with Crippen molar-refractivity contribution in [2.75, 3.05) is 7.05 Å². The molecule has 1 saturated heterocycles. The van der Waals surface area contributed by atoms with Crippen LogP contribution in [-0.4, -0.2) is 42.8 Å². The Morgan fingerprint density at radius 2 is 1.95 bits per heavy atom. The third-order valence-corrected chi connectivity index (χ3v) is 5.52. The molecule has 2 rings (SSSR count). The van der Waals surface area contributed by atoms with Crippen LogP contribution in [-0.2, 0) is 16.6 Å². The van der Waals surface area contributed by atoms with Gasteiger partial charge in [-0.15, -0.1) is 4.83 Å². The first-order valence-corrected chi connectivity index (χ1v) is 8.84. The predicted octanol–water partition coefficient (Wildman–Crippen LogP) is 0.894. The molecule has 2 atom stereocenters. The summed E-state index contributed by atoms with van der Waals surface area (Å²) < 4.78 is 25.5. The first kappa shape index (κ1) is 16.4. The monoisotopic (exact) mass is 315 g/mol. The third-order valence-electron chi connectivity index (χ3n) is 3.99. The summed E-state index contributed by atoms with van der Waals surface area (Å²) in [5.74, 6) is 0. The minimum atomic E-state index is -3.62. The molecule has 1 aliphatic heterocycles. The molecule has 0 spiro atoms. The average molecular weight is 315 g/mol. The summed E-state index contributed by atoms with van der Waals surface area (Å²) >= 11 is 0. The smallest absolute Gasteiger partial charge is 0.257 e. The molecule has 0 bridgehead atoms. The zero-order valence-corrected chi connectivity index (χ0v) is 13.9. The molecule has 2 unspecified atom stereocenters. The van der Waals surface area contributed by atoms with Crippen LogP contribution in [0.4, 0.5) is 0 Å². The molecule has 0 aromatic carbocycles. The van der Waals surface area contributed by atoms with Crippen molar-refractivity contribution in [3.63, 3.8) is 0 Å². The molecule has 7 nitrogen and oxygen atoms in total. The summed E-state index contributed by atoms with van der Waals surface area (Å²) in [6.07, 6.45) is 3.14. The number of hydrogen-bond acceptors (Lipinski definition) is 5. The highest BCUT2D eigenvalue weighted by Crippen LogP contribution is 2.23. The van der Waals surface area contributed by atoms with Crippen molar-refractivity contribution in [1.82, 2.24) is 25.4 Å². The van der Waals surface area contributed by atoms with E-state index < -0.39 is 10.0 Å². The van der Waals surface area contributed by atoms with E-state index in [1.54, 1.807) is 14.0 Å². The molecule has 1 aromatic rings. The number of nitrogens with one attached hydrogen (secondary N) is 3. The first-order chi connectivity index (χ1) is 9.86. The van der Waals surface area contributed by atoms with Gasteiger partial charge in [0.15, 0.2) is 0 Å². The van der Waals surface area contributed by atoms with E-state index in [4.69, 9.17) is 0 Å². The van der Waals surface area contributed by atoms with Crippen molar-refractivity contribution >= 4 is 10.0 Å². The molecular formula is C13H25N5O2S. The van der Waals surface area contributed by atoms with Crippen LogP contribution in [0.5, 0.6) is 0 Å². The number of rotatable bonds is 5. The molecule has 1 fully saturated rings. The lowest BCUT2D eigenvalue weighted by atomic mass is 10.0. The largest absolute Gasteiger partial charge is 0.314 e. The molecule has 2 heterocycles. The number of aromatic nitrogens is 2. The third kappa shape index (κ3) is 3.45. The Morgan fingerprint density at radius 3 is 2.52 bits per heavy atom. The molecule has 0 radical (unpaired) electrons. The van der Waals surface area contributed by atoms with Crippen LogP contribution in [0.1, 0.15) is 44.5 Å². The van der Waals surface area contributed by atoms with Crippen molar-refractivity contribution in [3.8, 4) is 0 Å². The lowest BCUT2D eigenvalue weighted by Gasteiger charge is -2.38. The highest BCUT2D eigenvalue weighted by molar-refractivity contribution is 7.89. The van der Waals surface area contributed by atoms with E-state index in [0.717, 1.165) is 19.3 Å². The standard InChI is InChI=1S/C13H25N5O2S/c1-9-6-5-7-10(2)18(9)17-21(19,20)13-11(3)15-16-12(13)8-14-4/h9-10,14,17H,5-8H2,1-4H3,(H,15,16). The molecule has 120 valence electrons. The van der Waals surface area contributed by atoms with E-state index in [-0.39, 0.29) is 17.0 Å². The van der Waals surface area contributed by atoms with Gasteiger partial charge >= 0.3 is 0 Å². The second kappa shape index (κ2) is 6.43. The van der Waals surface area contributed by atoms with Crippen molar-refractivity contribution in [2.24, 2.45) is 0 Å². The number of H-pyrrole nitrogens is 1. The van der Waals surface area contributed by atoms with Crippen LogP contribution in [0.25, 0.3) is 0 Å². The molecule has 1 aromatic heterocycles. The number of piperidine rings is 1. The fourth-order valence-electron chi connectivity index (χ4n) is 2.90. The quantitative estimate of drug-likeness (QED) is 0.751. The molecule has 3 N–H and O–H groups in total. The lowest BCUT2D eigenvalue weighted by Crippen LogP contribution is -2.54. The van der Waals surface area contributed by atoms with Crippen molar-refractivity contribution in [1.29, 1.82) is 0 Å². The zero-order valence-electron chi connectivity index (χ0n) is 13.1. The van der Waals surface area contributed by atoms with Crippen molar-refractivity contribution < 1.29 is 8.42 Å². The Bertz CT molecular complexity index is 573. The summed E-state index contributed by atoms with van der Waals surface area (Å²) in [5, 5.41) is 11.6. The SMILES string of the molecule is CNCc1n[nH]c(C)c1S(=O)(=O)NN1C(C)CCCC1C. The van der Waals surface area contributed by atoms with E-state index >= 15 is 0 Å². The van der Waals surface area contributed by atoms with Crippen molar-refractivity contribution in [3.05, 3.63) is 11.4 Å². The second-order valence-corrected chi connectivity index (χ2v) is 7.38. The molecular weight excluding hydrogens is 290 g/mol. The maximum Gasteiger partial charge on any atom is 0.257 e. The maximum absolute atomic E-state index is 12.7. The summed E-state index contributed by atoms with van der Waals surface area (Å²) in [6, 6.07) is 0.395. The highest BCUT2D eigenvalue weighted by Gasteiger charge is 2.32. The normalized spacial score (nSPS) is 24.4. The molecule has 0 amide bonds. The Morgan fingerprint density at radius 1 is 1.33 bits per heavy atom. The van der Waals surface area contributed by atoms with Gasteiger partial charge in [0.2, 0.25) is 0 Å². The number of aromatic amines is 1. The first-order valence-electron chi connectivity index (χ1n) is 7.36. The number of hydrogen-bond donors (Lipinski definition) is 3. The van der Waals surface area contributed by atoms with Gasteiger partial charge in [-0.2, -0.15) is 5.10 Å². The van der Waals surface area contributed by atoms with E-state index in [0.29, 0.717) is 17.9 Å². The fraction of sp³-hybridized carbons (Fsp3) is 0.769. The zero-order chi connectivity index (χ0) is 15.6. The minimum absolute atomic E-state index is 0.198. The summed E-state index contributed by atoms with van der Waals surface area (Å²) in [4.78, 5) is 3.01. The van der Waals surface area contributed by atoms with Gasteiger partial charge in [-0.3, -0.25) is 5.10 Å². The van der Waals surface area contributed by atoms with E-state index in [1.165, 1.54) is 0 Å². The van der Waals surface area contributed by atoms with Gasteiger partial charge < -0.3 is 5.32 Å². The van der Waals surface area contributed by atoms with Crippen LogP contribution in [0.15, 0.2) is 4.90 Å². The molecule has 8 heteroatoms. The number of sulfonamides is 1. The summed E-state index contributed by atoms with van der Waals surface area (Å²) in [5.41, 5.74) is 1.07. The number of hydrazine groups is 1. The summed E-state index contributed by atoms with van der Waals surface area (Å²) in [6.45, 7) is 6.24. The highest BCUT2D eigenvalue weighted by atomic mass is 32.2. The average Bonchev–Trinajstić information content (AvgIpc) is 2.77. The van der Waals surface area contributed by atoms with Gasteiger partial charge in [0.1, 0.15) is 4.90 Å². The minimum Gasteiger partial charge on any atom is -0.314 e.